The molecule has 0 amide bonds. The van der Waals surface area contributed by atoms with Crippen molar-refractivity contribution in [2.75, 3.05) is 7.11 Å². The maximum Gasteiger partial charge on any atom is 0.239 e. The Labute approximate surface area is 127 Å². The fourth-order valence-corrected chi connectivity index (χ4v) is 4.24. The van der Waals surface area contributed by atoms with Gasteiger partial charge in [-0.1, -0.05) is 42.5 Å². The van der Waals surface area contributed by atoms with Gasteiger partial charge in [0.05, 0.1) is 13.0 Å². The first kappa shape index (κ1) is 13.9. The van der Waals surface area contributed by atoms with Gasteiger partial charge in [0.15, 0.2) is 0 Å². The minimum atomic E-state index is -0.634. The van der Waals surface area contributed by atoms with Crippen LogP contribution in [0.2, 0.25) is 0 Å². The highest BCUT2D eigenvalue weighted by Crippen LogP contribution is 2.53. The standard InChI is InChI=1S/C16H15NO3S/c1-20-12-9-7-11(8-10-12)16-15(17(18)19)13-5-3-2-4-6-14(13)21-16/h2-10,13,15-16H,1H3/t13-,15-,16+/m0/s1. The quantitative estimate of drug-likeness (QED) is 0.630. The number of allylic oxidation sites excluding steroid dienone is 4. The van der Waals surface area contributed by atoms with Crippen LogP contribution in [-0.4, -0.2) is 18.1 Å². The first-order valence-corrected chi connectivity index (χ1v) is 7.58. The first-order chi connectivity index (χ1) is 10.2. The highest BCUT2D eigenvalue weighted by atomic mass is 32.2. The van der Waals surface area contributed by atoms with Crippen molar-refractivity contribution in [2.24, 2.45) is 5.92 Å². The van der Waals surface area contributed by atoms with Gasteiger partial charge in [-0.25, -0.2) is 0 Å². The van der Waals surface area contributed by atoms with E-state index in [-0.39, 0.29) is 16.1 Å². The van der Waals surface area contributed by atoms with Crippen molar-refractivity contribution in [1.29, 1.82) is 0 Å². The fourth-order valence-electron chi connectivity index (χ4n) is 2.71. The third kappa shape index (κ3) is 2.61. The van der Waals surface area contributed by atoms with Crippen LogP contribution >= 0.6 is 11.8 Å². The van der Waals surface area contributed by atoms with Crippen LogP contribution in [0.4, 0.5) is 0 Å². The first-order valence-electron chi connectivity index (χ1n) is 6.70. The average molecular weight is 301 g/mol. The Morgan fingerprint density at radius 3 is 2.62 bits per heavy atom. The number of rotatable bonds is 3. The minimum Gasteiger partial charge on any atom is -0.497 e. The molecule has 1 aliphatic heterocycles. The van der Waals surface area contributed by atoms with Crippen molar-refractivity contribution in [1.82, 2.24) is 0 Å². The van der Waals surface area contributed by atoms with Crippen molar-refractivity contribution in [3.8, 4) is 5.75 Å². The molecule has 108 valence electrons. The van der Waals surface area contributed by atoms with Gasteiger partial charge in [0, 0.05) is 4.92 Å². The molecular weight excluding hydrogens is 286 g/mol. The zero-order valence-corrected chi connectivity index (χ0v) is 12.3. The molecule has 2 aliphatic rings. The van der Waals surface area contributed by atoms with Gasteiger partial charge in [0.25, 0.3) is 0 Å². The second-order valence-corrected chi connectivity index (χ2v) is 6.17. The lowest BCUT2D eigenvalue weighted by molar-refractivity contribution is -0.526. The van der Waals surface area contributed by atoms with E-state index in [2.05, 4.69) is 0 Å². The topological polar surface area (TPSA) is 52.4 Å². The van der Waals surface area contributed by atoms with Crippen LogP contribution in [-0.2, 0) is 0 Å². The predicted molar refractivity (Wildman–Crippen MR) is 84.0 cm³/mol. The number of nitro groups is 1. The highest BCUT2D eigenvalue weighted by molar-refractivity contribution is 8.03. The predicted octanol–water partition coefficient (Wildman–Crippen LogP) is 3.75. The minimum absolute atomic E-state index is 0.146. The number of benzene rings is 1. The number of ether oxygens (including phenoxy) is 1. The summed E-state index contributed by atoms with van der Waals surface area (Å²) in [6.45, 7) is 0. The van der Waals surface area contributed by atoms with E-state index in [1.807, 2.05) is 54.6 Å². The molecule has 0 saturated carbocycles. The van der Waals surface area contributed by atoms with E-state index in [4.69, 9.17) is 4.74 Å². The van der Waals surface area contributed by atoms with E-state index in [9.17, 15) is 10.1 Å². The average Bonchev–Trinajstić information content (AvgIpc) is 2.71. The zero-order valence-electron chi connectivity index (χ0n) is 11.5. The van der Waals surface area contributed by atoms with E-state index >= 15 is 0 Å². The molecular formula is C16H15NO3S. The molecule has 0 bridgehead atoms. The molecule has 0 radical (unpaired) electrons. The summed E-state index contributed by atoms with van der Waals surface area (Å²) in [5, 5.41) is 11.4. The van der Waals surface area contributed by atoms with Crippen LogP contribution in [0.3, 0.4) is 0 Å². The number of nitrogens with zero attached hydrogens (tertiary/aromatic N) is 1. The monoisotopic (exact) mass is 301 g/mol. The molecule has 0 aromatic heterocycles. The number of fused-ring (bicyclic) bond motifs is 1. The van der Waals surface area contributed by atoms with E-state index in [1.54, 1.807) is 18.9 Å². The van der Waals surface area contributed by atoms with Crippen LogP contribution < -0.4 is 4.74 Å². The molecule has 1 heterocycles. The number of hydrogen-bond donors (Lipinski definition) is 0. The van der Waals surface area contributed by atoms with Crippen LogP contribution in [0, 0.1) is 16.0 Å². The van der Waals surface area contributed by atoms with Crippen molar-refractivity contribution in [3.63, 3.8) is 0 Å². The van der Waals surface area contributed by atoms with Crippen LogP contribution in [0.1, 0.15) is 10.8 Å². The van der Waals surface area contributed by atoms with Gasteiger partial charge in [-0.3, -0.25) is 10.1 Å². The Kier molecular flexibility index (Phi) is 3.84. The summed E-state index contributed by atoms with van der Waals surface area (Å²) >= 11 is 1.59. The summed E-state index contributed by atoms with van der Waals surface area (Å²) in [7, 11) is 1.61. The third-order valence-corrected chi connectivity index (χ3v) is 5.24. The van der Waals surface area contributed by atoms with Crippen LogP contribution in [0.25, 0.3) is 0 Å². The highest BCUT2D eigenvalue weighted by Gasteiger charge is 2.48. The van der Waals surface area contributed by atoms with Gasteiger partial charge in [-0.15, -0.1) is 11.8 Å². The van der Waals surface area contributed by atoms with Gasteiger partial charge in [0.2, 0.25) is 6.04 Å². The number of methoxy groups -OCH3 is 1. The largest absolute Gasteiger partial charge is 0.497 e. The summed E-state index contributed by atoms with van der Waals surface area (Å²) in [6, 6.07) is 6.90. The molecule has 1 aromatic rings. The third-order valence-electron chi connectivity index (χ3n) is 3.76. The SMILES string of the molecule is COc1ccc([C@H]2SC3=CC=CC=C[C@@H]3[C@@H]2[N+](=O)[O-])cc1. The second-order valence-electron chi connectivity index (χ2n) is 4.95. The lowest BCUT2D eigenvalue weighted by Gasteiger charge is -2.15. The molecule has 1 aliphatic carbocycles. The Balaban J connectivity index is 1.97. The Morgan fingerprint density at radius 2 is 1.95 bits per heavy atom. The van der Waals surface area contributed by atoms with E-state index in [0.29, 0.717) is 0 Å². The summed E-state index contributed by atoms with van der Waals surface area (Å²) in [5.41, 5.74) is 0.967. The molecule has 3 rings (SSSR count). The molecule has 4 nitrogen and oxygen atoms in total. The Bertz CT molecular complexity index is 633. The summed E-state index contributed by atoms with van der Waals surface area (Å²) in [5.74, 6) is 0.614. The van der Waals surface area contributed by atoms with E-state index < -0.39 is 6.04 Å². The zero-order chi connectivity index (χ0) is 14.8. The molecule has 1 saturated heterocycles. The molecule has 1 fully saturated rings. The summed E-state index contributed by atoms with van der Waals surface area (Å²) < 4.78 is 5.14. The van der Waals surface area contributed by atoms with Gasteiger partial charge in [-0.2, -0.15) is 0 Å². The summed E-state index contributed by atoms with van der Waals surface area (Å²) in [4.78, 5) is 12.5. The van der Waals surface area contributed by atoms with Gasteiger partial charge in [-0.05, 0) is 22.6 Å². The molecule has 21 heavy (non-hydrogen) atoms. The van der Waals surface area contributed by atoms with Crippen LogP contribution in [0.5, 0.6) is 5.75 Å². The van der Waals surface area contributed by atoms with Crippen molar-refractivity contribution < 1.29 is 9.66 Å². The lowest BCUT2D eigenvalue weighted by Crippen LogP contribution is -2.28. The molecule has 0 unspecified atom stereocenters. The smallest absolute Gasteiger partial charge is 0.239 e. The van der Waals surface area contributed by atoms with Gasteiger partial charge >= 0.3 is 0 Å². The number of thioether (sulfide) groups is 1. The van der Waals surface area contributed by atoms with E-state index in [0.717, 1.165) is 16.2 Å². The fraction of sp³-hybridized carbons (Fsp3) is 0.250. The van der Waals surface area contributed by atoms with Crippen molar-refractivity contribution >= 4 is 11.8 Å². The molecule has 1 aromatic carbocycles. The van der Waals surface area contributed by atoms with Crippen molar-refractivity contribution in [2.45, 2.75) is 11.3 Å². The maximum absolute atomic E-state index is 11.6. The molecule has 3 atom stereocenters. The second kappa shape index (κ2) is 5.77. The van der Waals surface area contributed by atoms with Gasteiger partial charge < -0.3 is 4.74 Å². The summed E-state index contributed by atoms with van der Waals surface area (Å²) in [6.07, 6.45) is 9.65. The van der Waals surface area contributed by atoms with E-state index in [1.165, 1.54) is 0 Å². The van der Waals surface area contributed by atoms with Crippen LogP contribution in [0.15, 0.2) is 59.6 Å². The molecule has 0 spiro atoms. The van der Waals surface area contributed by atoms with Gasteiger partial charge in [0.1, 0.15) is 11.0 Å². The normalized spacial score (nSPS) is 26.9. The molecule has 0 N–H and O–H groups in total. The number of hydrogen-bond acceptors (Lipinski definition) is 4. The Morgan fingerprint density at radius 1 is 1.19 bits per heavy atom. The van der Waals surface area contributed by atoms with Crippen molar-refractivity contribution in [3.05, 3.63) is 75.2 Å². The Hall–Kier alpha value is -2.01. The molecule has 5 heteroatoms. The lowest BCUT2D eigenvalue weighted by atomic mass is 9.93. The maximum atomic E-state index is 11.6.